The lowest BCUT2D eigenvalue weighted by Crippen LogP contribution is -2.01. The van der Waals surface area contributed by atoms with Gasteiger partial charge >= 0.3 is 0 Å². The molecule has 0 saturated carbocycles. The van der Waals surface area contributed by atoms with E-state index in [-0.39, 0.29) is 0 Å². The Morgan fingerprint density at radius 3 is 1.86 bits per heavy atom. The molecule has 1 rings (SSSR count). The van der Waals surface area contributed by atoms with E-state index in [1.807, 2.05) is 24.3 Å². The molecule has 21 heavy (non-hydrogen) atoms. The molecule has 0 fully saturated rings. The molecular weight excluding hydrogens is 328 g/mol. The predicted molar refractivity (Wildman–Crippen MR) is 93.8 cm³/mol. The quantitative estimate of drug-likeness (QED) is 0.319. The second-order valence-electron chi connectivity index (χ2n) is 5.31. The first-order chi connectivity index (χ1) is 10.4. The van der Waals surface area contributed by atoms with Gasteiger partial charge < -0.3 is 9.47 Å². The third-order valence-corrected chi connectivity index (χ3v) is 3.91. The van der Waals surface area contributed by atoms with Crippen molar-refractivity contribution in [3.8, 4) is 11.5 Å². The van der Waals surface area contributed by atoms with Crippen LogP contribution >= 0.6 is 15.9 Å². The zero-order valence-electron chi connectivity index (χ0n) is 13.3. The first-order valence-corrected chi connectivity index (χ1v) is 9.41. The predicted octanol–water partition coefficient (Wildman–Crippen LogP) is 5.98. The zero-order valence-corrected chi connectivity index (χ0v) is 14.9. The molecule has 2 nitrogen and oxygen atoms in total. The maximum absolute atomic E-state index is 5.85. The molecule has 0 saturated heterocycles. The Labute approximate surface area is 138 Å². The van der Waals surface area contributed by atoms with Crippen molar-refractivity contribution in [2.45, 2.75) is 58.3 Å². The summed E-state index contributed by atoms with van der Waals surface area (Å²) in [6, 6.07) is 7.96. The molecule has 0 spiro atoms. The van der Waals surface area contributed by atoms with Crippen molar-refractivity contribution in [3.63, 3.8) is 0 Å². The average Bonchev–Trinajstić information content (AvgIpc) is 2.52. The highest BCUT2D eigenvalue weighted by molar-refractivity contribution is 9.09. The maximum Gasteiger partial charge on any atom is 0.161 e. The second kappa shape index (κ2) is 13.0. The van der Waals surface area contributed by atoms with Gasteiger partial charge in [0.25, 0.3) is 0 Å². The number of ether oxygens (including phenoxy) is 2. The summed E-state index contributed by atoms with van der Waals surface area (Å²) in [5.41, 5.74) is 0. The molecule has 1 aromatic carbocycles. The minimum atomic E-state index is 0.745. The topological polar surface area (TPSA) is 18.5 Å². The SMILES string of the molecule is CCCOc1ccccc1OCCCCCCCCCBr. The smallest absolute Gasteiger partial charge is 0.161 e. The molecule has 0 aliphatic carbocycles. The van der Waals surface area contributed by atoms with Gasteiger partial charge in [-0.05, 0) is 31.4 Å². The summed E-state index contributed by atoms with van der Waals surface area (Å²) < 4.78 is 11.5. The Bertz CT molecular complexity index is 355. The standard InChI is InChI=1S/C18H29BrO2/c1-2-15-20-17-12-8-9-13-18(17)21-16-11-7-5-3-4-6-10-14-19/h8-9,12-13H,2-7,10-11,14-16H2,1H3. The van der Waals surface area contributed by atoms with Gasteiger partial charge in [-0.1, -0.05) is 67.1 Å². The van der Waals surface area contributed by atoms with Crippen LogP contribution in [0.5, 0.6) is 11.5 Å². The molecule has 1 aromatic rings. The highest BCUT2D eigenvalue weighted by Crippen LogP contribution is 2.26. The van der Waals surface area contributed by atoms with Crippen molar-refractivity contribution in [2.24, 2.45) is 0 Å². The van der Waals surface area contributed by atoms with Crippen LogP contribution in [-0.2, 0) is 0 Å². The molecule has 0 radical (unpaired) electrons. The minimum absolute atomic E-state index is 0.745. The number of unbranched alkanes of at least 4 members (excludes halogenated alkanes) is 6. The highest BCUT2D eigenvalue weighted by atomic mass is 79.9. The van der Waals surface area contributed by atoms with Crippen LogP contribution in [0.15, 0.2) is 24.3 Å². The molecule has 0 aromatic heterocycles. The molecular formula is C18H29BrO2. The first-order valence-electron chi connectivity index (χ1n) is 8.29. The van der Waals surface area contributed by atoms with Gasteiger partial charge in [-0.2, -0.15) is 0 Å². The van der Waals surface area contributed by atoms with Gasteiger partial charge in [0, 0.05) is 5.33 Å². The molecule has 120 valence electrons. The van der Waals surface area contributed by atoms with Crippen molar-refractivity contribution in [1.29, 1.82) is 0 Å². The summed E-state index contributed by atoms with van der Waals surface area (Å²) in [7, 11) is 0. The Kier molecular flexibility index (Phi) is 11.4. The van der Waals surface area contributed by atoms with E-state index in [2.05, 4.69) is 22.9 Å². The fourth-order valence-electron chi connectivity index (χ4n) is 2.16. The minimum Gasteiger partial charge on any atom is -0.490 e. The molecule has 3 heteroatoms. The second-order valence-corrected chi connectivity index (χ2v) is 6.10. The van der Waals surface area contributed by atoms with Crippen molar-refractivity contribution in [1.82, 2.24) is 0 Å². The molecule has 0 N–H and O–H groups in total. The number of halogens is 1. The molecule has 0 heterocycles. The zero-order chi connectivity index (χ0) is 15.2. The van der Waals surface area contributed by atoms with Crippen LogP contribution in [0, 0.1) is 0 Å². The van der Waals surface area contributed by atoms with E-state index in [0.29, 0.717) is 0 Å². The van der Waals surface area contributed by atoms with Crippen LogP contribution in [0.1, 0.15) is 58.3 Å². The van der Waals surface area contributed by atoms with Gasteiger partial charge in [-0.15, -0.1) is 0 Å². The summed E-state index contributed by atoms with van der Waals surface area (Å²) in [4.78, 5) is 0. The number of rotatable bonds is 13. The van der Waals surface area contributed by atoms with E-state index in [1.54, 1.807) is 0 Å². The number of hydrogen-bond donors (Lipinski definition) is 0. The van der Waals surface area contributed by atoms with Gasteiger partial charge in [0.05, 0.1) is 13.2 Å². The third-order valence-electron chi connectivity index (χ3n) is 3.35. The third kappa shape index (κ3) is 9.02. The fourth-order valence-corrected chi connectivity index (χ4v) is 2.56. The lowest BCUT2D eigenvalue weighted by molar-refractivity contribution is 0.263. The Hall–Kier alpha value is -0.700. The number of hydrogen-bond acceptors (Lipinski definition) is 2. The van der Waals surface area contributed by atoms with E-state index >= 15 is 0 Å². The molecule has 0 aliphatic rings. The van der Waals surface area contributed by atoms with Crippen LogP contribution in [0.3, 0.4) is 0 Å². The molecule has 0 amide bonds. The molecule has 0 unspecified atom stereocenters. The van der Waals surface area contributed by atoms with Gasteiger partial charge in [0.2, 0.25) is 0 Å². The van der Waals surface area contributed by atoms with Crippen LogP contribution in [0.2, 0.25) is 0 Å². The van der Waals surface area contributed by atoms with E-state index in [4.69, 9.17) is 9.47 Å². The molecule has 0 aliphatic heterocycles. The fraction of sp³-hybridized carbons (Fsp3) is 0.667. The van der Waals surface area contributed by atoms with Crippen LogP contribution in [0.4, 0.5) is 0 Å². The van der Waals surface area contributed by atoms with Gasteiger partial charge in [-0.25, -0.2) is 0 Å². The van der Waals surface area contributed by atoms with E-state index in [0.717, 1.165) is 42.9 Å². The summed E-state index contributed by atoms with van der Waals surface area (Å²) in [5, 5.41) is 1.14. The van der Waals surface area contributed by atoms with Crippen molar-refractivity contribution >= 4 is 15.9 Å². The largest absolute Gasteiger partial charge is 0.490 e. The molecule has 0 bridgehead atoms. The van der Waals surface area contributed by atoms with E-state index < -0.39 is 0 Å². The normalized spacial score (nSPS) is 10.6. The van der Waals surface area contributed by atoms with Gasteiger partial charge in [0.15, 0.2) is 11.5 Å². The maximum atomic E-state index is 5.85. The Balaban J connectivity index is 2.09. The number of para-hydroxylation sites is 2. The van der Waals surface area contributed by atoms with Crippen LogP contribution in [-0.4, -0.2) is 18.5 Å². The summed E-state index contributed by atoms with van der Waals surface area (Å²) in [6.07, 6.45) is 10.1. The lowest BCUT2D eigenvalue weighted by atomic mass is 10.1. The van der Waals surface area contributed by atoms with Crippen LogP contribution in [0.25, 0.3) is 0 Å². The van der Waals surface area contributed by atoms with Gasteiger partial charge in [-0.3, -0.25) is 0 Å². The Morgan fingerprint density at radius 2 is 1.29 bits per heavy atom. The van der Waals surface area contributed by atoms with Crippen molar-refractivity contribution < 1.29 is 9.47 Å². The summed E-state index contributed by atoms with van der Waals surface area (Å²) >= 11 is 3.47. The first kappa shape index (κ1) is 18.3. The van der Waals surface area contributed by atoms with E-state index in [1.165, 1.54) is 38.5 Å². The van der Waals surface area contributed by atoms with Gasteiger partial charge in [0.1, 0.15) is 0 Å². The average molecular weight is 357 g/mol. The van der Waals surface area contributed by atoms with Crippen molar-refractivity contribution in [2.75, 3.05) is 18.5 Å². The van der Waals surface area contributed by atoms with Crippen LogP contribution < -0.4 is 9.47 Å². The number of alkyl halides is 1. The van der Waals surface area contributed by atoms with Crippen molar-refractivity contribution in [3.05, 3.63) is 24.3 Å². The Morgan fingerprint density at radius 1 is 0.762 bits per heavy atom. The monoisotopic (exact) mass is 356 g/mol. The summed E-state index contributed by atoms with van der Waals surface area (Å²) in [6.45, 7) is 3.64. The molecule has 0 atom stereocenters. The number of benzene rings is 1. The summed E-state index contributed by atoms with van der Waals surface area (Å²) in [5.74, 6) is 1.75. The lowest BCUT2D eigenvalue weighted by Gasteiger charge is -2.12. The van der Waals surface area contributed by atoms with E-state index in [9.17, 15) is 0 Å². The highest BCUT2D eigenvalue weighted by Gasteiger charge is 2.03.